The average molecular weight is 523 g/mol. The maximum absolute atomic E-state index is 16.1. The van der Waals surface area contributed by atoms with Crippen LogP contribution in [0.15, 0.2) is 29.5 Å². The van der Waals surface area contributed by atoms with Crippen LogP contribution >= 0.6 is 11.3 Å². The number of nitrogens with two attached hydrogens (primary N) is 1. The zero-order chi connectivity index (χ0) is 26.7. The molecule has 0 atom stereocenters. The lowest BCUT2D eigenvalue weighted by Crippen LogP contribution is -2.17. The maximum atomic E-state index is 16.1. The van der Waals surface area contributed by atoms with Crippen molar-refractivity contribution < 1.29 is 13.5 Å². The highest BCUT2D eigenvalue weighted by Crippen LogP contribution is 2.44. The molecule has 2 aliphatic rings. The number of rotatable bonds is 8. The molecule has 3 heterocycles. The molecule has 2 N–H and O–H groups in total. The summed E-state index contributed by atoms with van der Waals surface area (Å²) in [6, 6.07) is 2.05. The van der Waals surface area contributed by atoms with Gasteiger partial charge in [0.05, 0.1) is 23.7 Å². The molecule has 0 bridgehead atoms. The summed E-state index contributed by atoms with van der Waals surface area (Å²) in [4.78, 5) is 7.25. The molecule has 194 valence electrons. The lowest BCUT2D eigenvalue weighted by atomic mass is 9.86. The number of benzene rings is 1. The fraction of sp³-hybridized carbons (Fsp3) is 0.379. The molecule has 0 amide bonds. The second-order valence-electron chi connectivity index (χ2n) is 9.25. The number of nitrogen functional groups attached to an aromatic ring is 1. The van der Waals surface area contributed by atoms with E-state index in [1.54, 1.807) is 20.1 Å². The van der Waals surface area contributed by atoms with E-state index in [4.69, 9.17) is 15.5 Å². The Hall–Kier alpha value is -3.28. The van der Waals surface area contributed by atoms with Crippen LogP contribution in [0.1, 0.15) is 83.4 Å². The van der Waals surface area contributed by atoms with Gasteiger partial charge in [0.1, 0.15) is 28.5 Å². The molecule has 5 nitrogen and oxygen atoms in total. The SMILES string of the molecule is C=C(c1c(/C(F)=C\C)sc(N)c1C#N)c1c(F)c(C)c(/C=N\C(=C\CCC)N2CCCC2)c2c1COC2. The molecule has 4 rings (SSSR count). The molecule has 1 fully saturated rings. The van der Waals surface area contributed by atoms with Gasteiger partial charge in [-0.15, -0.1) is 11.3 Å². The van der Waals surface area contributed by atoms with Crippen LogP contribution in [0.3, 0.4) is 0 Å². The number of thiophene rings is 1. The Bertz CT molecular complexity index is 1360. The summed E-state index contributed by atoms with van der Waals surface area (Å²) in [6.45, 7) is 12.0. The number of fused-ring (bicyclic) bond motifs is 1. The van der Waals surface area contributed by atoms with Gasteiger partial charge in [-0.3, -0.25) is 0 Å². The number of nitriles is 1. The van der Waals surface area contributed by atoms with Gasteiger partial charge in [-0.05, 0) is 61.4 Å². The predicted octanol–water partition coefficient (Wildman–Crippen LogP) is 7.23. The first-order chi connectivity index (χ1) is 17.8. The van der Waals surface area contributed by atoms with E-state index in [2.05, 4.69) is 24.5 Å². The number of halogens is 2. The first kappa shape index (κ1) is 26.8. The van der Waals surface area contributed by atoms with Crippen molar-refractivity contribution in [1.29, 1.82) is 5.26 Å². The Morgan fingerprint density at radius 1 is 1.27 bits per heavy atom. The summed E-state index contributed by atoms with van der Waals surface area (Å²) < 4.78 is 36.6. The van der Waals surface area contributed by atoms with Gasteiger partial charge in [0.15, 0.2) is 0 Å². The zero-order valence-electron chi connectivity index (χ0n) is 21.6. The van der Waals surface area contributed by atoms with E-state index < -0.39 is 11.6 Å². The monoisotopic (exact) mass is 522 g/mol. The van der Waals surface area contributed by atoms with Crippen molar-refractivity contribution in [2.24, 2.45) is 4.99 Å². The van der Waals surface area contributed by atoms with Gasteiger partial charge in [-0.25, -0.2) is 13.8 Å². The summed E-state index contributed by atoms with van der Waals surface area (Å²) in [6.07, 6.45) is 9.40. The maximum Gasteiger partial charge on any atom is 0.136 e. The largest absolute Gasteiger partial charge is 0.389 e. The van der Waals surface area contributed by atoms with Crippen molar-refractivity contribution >= 4 is 34.0 Å². The van der Waals surface area contributed by atoms with Crippen molar-refractivity contribution in [1.82, 2.24) is 4.90 Å². The van der Waals surface area contributed by atoms with Gasteiger partial charge in [-0.2, -0.15) is 5.26 Å². The number of hydrogen-bond donors (Lipinski definition) is 1. The molecule has 37 heavy (non-hydrogen) atoms. The number of unbranched alkanes of at least 4 members (excludes halogenated alkanes) is 1. The third kappa shape index (κ3) is 4.98. The first-order valence-electron chi connectivity index (χ1n) is 12.6. The van der Waals surface area contributed by atoms with E-state index in [9.17, 15) is 9.65 Å². The van der Waals surface area contributed by atoms with E-state index >= 15 is 4.39 Å². The van der Waals surface area contributed by atoms with Crippen molar-refractivity contribution in [3.63, 3.8) is 0 Å². The second-order valence-corrected chi connectivity index (χ2v) is 10.3. The topological polar surface area (TPSA) is 74.6 Å². The van der Waals surface area contributed by atoms with E-state index in [1.807, 2.05) is 6.07 Å². The average Bonchev–Trinajstić information content (AvgIpc) is 3.65. The van der Waals surface area contributed by atoms with Crippen molar-refractivity contribution in [3.05, 3.63) is 74.2 Å². The van der Waals surface area contributed by atoms with E-state index in [-0.39, 0.29) is 38.7 Å². The smallest absolute Gasteiger partial charge is 0.136 e. The van der Waals surface area contributed by atoms with Crippen LogP contribution in [0.4, 0.5) is 13.8 Å². The normalized spacial score (nSPS) is 16.1. The van der Waals surface area contributed by atoms with E-state index in [0.717, 1.165) is 61.5 Å². The lowest BCUT2D eigenvalue weighted by molar-refractivity contribution is 0.134. The fourth-order valence-corrected chi connectivity index (χ4v) is 5.94. The van der Waals surface area contributed by atoms with Gasteiger partial charge in [0.25, 0.3) is 0 Å². The Morgan fingerprint density at radius 2 is 1.97 bits per heavy atom. The van der Waals surface area contributed by atoms with Crippen molar-refractivity contribution in [2.45, 2.75) is 59.7 Å². The van der Waals surface area contributed by atoms with Gasteiger partial charge in [0.2, 0.25) is 0 Å². The molecule has 2 aromatic rings. The number of hydrogen-bond acceptors (Lipinski definition) is 6. The number of aliphatic imine (C=N–C) groups is 1. The Balaban J connectivity index is 1.84. The molecular formula is C29H32F2N4OS. The second kappa shape index (κ2) is 11.4. The Kier molecular flexibility index (Phi) is 8.25. The predicted molar refractivity (Wildman–Crippen MR) is 147 cm³/mol. The number of allylic oxidation sites excluding steroid dienone is 2. The molecule has 0 aliphatic carbocycles. The van der Waals surface area contributed by atoms with Gasteiger partial charge in [-0.1, -0.05) is 26.0 Å². The molecule has 1 saturated heterocycles. The van der Waals surface area contributed by atoms with E-state index in [1.165, 1.54) is 6.08 Å². The van der Waals surface area contributed by atoms with Crippen LogP contribution in [0.2, 0.25) is 0 Å². The highest BCUT2D eigenvalue weighted by Gasteiger charge is 2.30. The van der Waals surface area contributed by atoms with Crippen LogP contribution in [-0.4, -0.2) is 24.2 Å². The number of anilines is 1. The first-order valence-corrected chi connectivity index (χ1v) is 13.4. The molecular weight excluding hydrogens is 490 g/mol. The summed E-state index contributed by atoms with van der Waals surface area (Å²) in [5.41, 5.74) is 9.42. The van der Waals surface area contributed by atoms with Crippen LogP contribution in [0.25, 0.3) is 11.4 Å². The quantitative estimate of drug-likeness (QED) is 0.371. The van der Waals surface area contributed by atoms with Crippen molar-refractivity contribution in [3.8, 4) is 6.07 Å². The summed E-state index contributed by atoms with van der Waals surface area (Å²) in [5, 5.41) is 9.92. The highest BCUT2D eigenvalue weighted by molar-refractivity contribution is 7.17. The summed E-state index contributed by atoms with van der Waals surface area (Å²) in [7, 11) is 0. The van der Waals surface area contributed by atoms with Gasteiger partial charge >= 0.3 is 0 Å². The van der Waals surface area contributed by atoms with E-state index in [0.29, 0.717) is 23.3 Å². The lowest BCUT2D eigenvalue weighted by Gasteiger charge is -2.19. The van der Waals surface area contributed by atoms with Crippen LogP contribution in [0.5, 0.6) is 0 Å². The molecule has 0 spiro atoms. The standard InChI is InChI=1S/C29H32F2N4OS/c1-5-7-10-24(35-11-8-9-12-35)34-14-20-17(3)27(31)25(22-16-36-15-21(20)22)18(4)26-19(13-32)29(33)37-28(26)23(30)6-2/h6,10,14H,4-5,7-9,11-12,15-16,33H2,1-3H3/b23-6+,24-10-,34-14-. The van der Waals surface area contributed by atoms with Crippen LogP contribution in [0, 0.1) is 24.1 Å². The number of likely N-dealkylation sites (tertiary alicyclic amines) is 1. The molecule has 0 saturated carbocycles. The van der Waals surface area contributed by atoms with Crippen molar-refractivity contribution in [2.75, 3.05) is 18.8 Å². The summed E-state index contributed by atoms with van der Waals surface area (Å²) >= 11 is 0.963. The molecule has 1 aromatic heterocycles. The minimum Gasteiger partial charge on any atom is -0.389 e. The fourth-order valence-electron chi connectivity index (χ4n) is 4.93. The van der Waals surface area contributed by atoms with Crippen LogP contribution < -0.4 is 5.73 Å². The number of ether oxygens (including phenoxy) is 1. The third-order valence-electron chi connectivity index (χ3n) is 6.93. The molecule has 0 unspecified atom stereocenters. The highest BCUT2D eigenvalue weighted by atomic mass is 32.1. The van der Waals surface area contributed by atoms with Crippen LogP contribution in [-0.2, 0) is 18.0 Å². The Labute approximate surface area is 221 Å². The summed E-state index contributed by atoms with van der Waals surface area (Å²) in [5.74, 6) is -0.0907. The van der Waals surface area contributed by atoms with Gasteiger partial charge < -0.3 is 15.4 Å². The number of nitrogens with zero attached hydrogens (tertiary/aromatic N) is 3. The molecule has 8 heteroatoms. The Morgan fingerprint density at radius 3 is 2.62 bits per heavy atom. The minimum atomic E-state index is -0.531. The minimum absolute atomic E-state index is 0.105. The van der Waals surface area contributed by atoms with Gasteiger partial charge in [0, 0.05) is 36.0 Å². The molecule has 2 aliphatic heterocycles. The zero-order valence-corrected chi connectivity index (χ0v) is 22.4. The molecule has 0 radical (unpaired) electrons. The molecule has 1 aromatic carbocycles. The third-order valence-corrected chi connectivity index (χ3v) is 7.96.